The summed E-state index contributed by atoms with van der Waals surface area (Å²) in [6.45, 7) is 2.05. The normalized spacial score (nSPS) is 16.6. The Morgan fingerprint density at radius 2 is 2.07 bits per heavy atom. The van der Waals surface area contributed by atoms with Crippen LogP contribution in [0.25, 0.3) is 10.9 Å². The fourth-order valence-corrected chi connectivity index (χ4v) is 3.91. The lowest BCUT2D eigenvalue weighted by Gasteiger charge is -2.32. The minimum Gasteiger partial charge on any atom is -0.340 e. The second kappa shape index (κ2) is 7.97. The van der Waals surface area contributed by atoms with Crippen LogP contribution in [0.1, 0.15) is 31.4 Å². The number of likely N-dealkylation sites (tertiary alicyclic amines) is 1. The van der Waals surface area contributed by atoms with Crippen LogP contribution in [-0.4, -0.2) is 49.6 Å². The SMILES string of the molecule is CC(=O)Nc1cn[nH]c1C1CCCN(C(=O)Cn2c(=O)[nH]c3ccccc3c2=O)C1. The van der Waals surface area contributed by atoms with Crippen molar-refractivity contribution in [1.82, 2.24) is 24.6 Å². The number of piperidine rings is 1. The van der Waals surface area contributed by atoms with E-state index in [4.69, 9.17) is 0 Å². The highest BCUT2D eigenvalue weighted by molar-refractivity contribution is 5.89. The molecular formula is C20H22N6O4. The minimum absolute atomic E-state index is 0.0290. The van der Waals surface area contributed by atoms with Gasteiger partial charge in [0.05, 0.1) is 28.5 Å². The third kappa shape index (κ3) is 3.76. The van der Waals surface area contributed by atoms with Gasteiger partial charge in [-0.25, -0.2) is 4.79 Å². The standard InChI is InChI=1S/C20H22N6O4/c1-12(27)22-16-9-21-24-18(16)13-5-4-8-25(10-13)17(28)11-26-19(29)14-6-2-3-7-15(14)23-20(26)30/h2-3,6-7,9,13H,4-5,8,10-11H2,1H3,(H,21,24)(H,22,27)(H,23,30). The number of anilines is 1. The smallest absolute Gasteiger partial charge is 0.329 e. The number of amides is 2. The molecule has 0 spiro atoms. The predicted octanol–water partition coefficient (Wildman–Crippen LogP) is 0.777. The molecule has 3 heterocycles. The molecule has 4 rings (SSSR count). The zero-order chi connectivity index (χ0) is 21.3. The molecule has 10 heteroatoms. The number of aromatic amines is 2. The number of carbonyl (C=O) groups excluding carboxylic acids is 2. The maximum Gasteiger partial charge on any atom is 0.329 e. The van der Waals surface area contributed by atoms with Gasteiger partial charge in [0, 0.05) is 25.9 Å². The molecule has 1 atom stereocenters. The van der Waals surface area contributed by atoms with Crippen LogP contribution in [0.15, 0.2) is 40.1 Å². The number of hydrogen-bond acceptors (Lipinski definition) is 5. The summed E-state index contributed by atoms with van der Waals surface area (Å²) in [5.41, 5.74) is 0.714. The Kier molecular flexibility index (Phi) is 5.21. The third-order valence-corrected chi connectivity index (χ3v) is 5.34. The van der Waals surface area contributed by atoms with Crippen LogP contribution in [0, 0.1) is 0 Å². The van der Waals surface area contributed by atoms with Crippen molar-refractivity contribution in [2.24, 2.45) is 0 Å². The molecule has 1 unspecified atom stereocenters. The number of aromatic nitrogens is 4. The molecule has 0 bridgehead atoms. The maximum absolute atomic E-state index is 12.9. The van der Waals surface area contributed by atoms with E-state index in [9.17, 15) is 19.2 Å². The van der Waals surface area contributed by atoms with Gasteiger partial charge in [0.25, 0.3) is 5.56 Å². The molecule has 0 radical (unpaired) electrons. The summed E-state index contributed by atoms with van der Waals surface area (Å²) in [7, 11) is 0. The molecule has 156 valence electrons. The van der Waals surface area contributed by atoms with Crippen molar-refractivity contribution in [3.05, 3.63) is 57.0 Å². The van der Waals surface area contributed by atoms with E-state index < -0.39 is 11.2 Å². The van der Waals surface area contributed by atoms with E-state index >= 15 is 0 Å². The van der Waals surface area contributed by atoms with Crippen LogP contribution in [0.5, 0.6) is 0 Å². The van der Waals surface area contributed by atoms with Crippen LogP contribution in [0.3, 0.4) is 0 Å². The van der Waals surface area contributed by atoms with Crippen molar-refractivity contribution in [1.29, 1.82) is 0 Å². The highest BCUT2D eigenvalue weighted by Gasteiger charge is 2.28. The van der Waals surface area contributed by atoms with Crippen LogP contribution in [-0.2, 0) is 16.1 Å². The monoisotopic (exact) mass is 410 g/mol. The van der Waals surface area contributed by atoms with E-state index in [0.29, 0.717) is 29.7 Å². The Balaban J connectivity index is 1.54. The van der Waals surface area contributed by atoms with Crippen LogP contribution in [0.4, 0.5) is 5.69 Å². The van der Waals surface area contributed by atoms with Crippen molar-refractivity contribution in [2.45, 2.75) is 32.2 Å². The predicted molar refractivity (Wildman–Crippen MR) is 110 cm³/mol. The first-order chi connectivity index (χ1) is 14.4. The van der Waals surface area contributed by atoms with Crippen molar-refractivity contribution >= 4 is 28.4 Å². The summed E-state index contributed by atoms with van der Waals surface area (Å²) in [6.07, 6.45) is 3.14. The van der Waals surface area contributed by atoms with Gasteiger partial charge in [-0.05, 0) is 25.0 Å². The van der Waals surface area contributed by atoms with Crippen LogP contribution < -0.4 is 16.6 Å². The van der Waals surface area contributed by atoms with Crippen molar-refractivity contribution in [2.75, 3.05) is 18.4 Å². The van der Waals surface area contributed by atoms with E-state index in [-0.39, 0.29) is 24.3 Å². The average Bonchev–Trinajstić information content (AvgIpc) is 3.18. The molecule has 1 aromatic carbocycles. The van der Waals surface area contributed by atoms with E-state index in [0.717, 1.165) is 23.1 Å². The molecule has 3 aromatic rings. The van der Waals surface area contributed by atoms with Gasteiger partial charge in [0.2, 0.25) is 11.8 Å². The number of fused-ring (bicyclic) bond motifs is 1. The third-order valence-electron chi connectivity index (χ3n) is 5.34. The van der Waals surface area contributed by atoms with Crippen LogP contribution in [0.2, 0.25) is 0 Å². The second-order valence-corrected chi connectivity index (χ2v) is 7.42. The van der Waals surface area contributed by atoms with E-state index in [1.165, 1.54) is 6.92 Å². The van der Waals surface area contributed by atoms with Gasteiger partial charge in [-0.2, -0.15) is 5.10 Å². The first-order valence-electron chi connectivity index (χ1n) is 9.74. The van der Waals surface area contributed by atoms with E-state index in [1.807, 2.05) is 0 Å². The largest absolute Gasteiger partial charge is 0.340 e. The second-order valence-electron chi connectivity index (χ2n) is 7.42. The van der Waals surface area contributed by atoms with E-state index in [1.54, 1.807) is 35.4 Å². The fourth-order valence-electron chi connectivity index (χ4n) is 3.91. The average molecular weight is 410 g/mol. The van der Waals surface area contributed by atoms with Crippen molar-refractivity contribution in [3.63, 3.8) is 0 Å². The topological polar surface area (TPSA) is 133 Å². The Morgan fingerprint density at radius 1 is 1.27 bits per heavy atom. The Hall–Kier alpha value is -3.69. The lowest BCUT2D eigenvalue weighted by Crippen LogP contribution is -2.45. The summed E-state index contributed by atoms with van der Waals surface area (Å²) in [5, 5.41) is 10.0. The fraction of sp³-hybridized carbons (Fsp3) is 0.350. The Morgan fingerprint density at radius 3 is 2.87 bits per heavy atom. The van der Waals surface area contributed by atoms with Gasteiger partial charge in [-0.1, -0.05) is 12.1 Å². The number of para-hydroxylation sites is 1. The number of nitrogens with zero attached hydrogens (tertiary/aromatic N) is 3. The minimum atomic E-state index is -0.609. The Bertz CT molecular complexity index is 1220. The Labute approximate surface area is 170 Å². The summed E-state index contributed by atoms with van der Waals surface area (Å²) in [6, 6.07) is 6.70. The summed E-state index contributed by atoms with van der Waals surface area (Å²) in [5.74, 6) is -0.530. The molecular weight excluding hydrogens is 388 g/mol. The molecule has 1 fully saturated rings. The van der Waals surface area contributed by atoms with E-state index in [2.05, 4.69) is 20.5 Å². The maximum atomic E-state index is 12.9. The molecule has 3 N–H and O–H groups in total. The van der Waals surface area contributed by atoms with Crippen molar-refractivity contribution in [3.8, 4) is 0 Å². The highest BCUT2D eigenvalue weighted by atomic mass is 16.2. The number of nitrogens with one attached hydrogen (secondary N) is 3. The zero-order valence-electron chi connectivity index (χ0n) is 16.5. The number of benzene rings is 1. The molecule has 0 saturated carbocycles. The molecule has 10 nitrogen and oxygen atoms in total. The number of carbonyl (C=O) groups is 2. The van der Waals surface area contributed by atoms with Gasteiger partial charge in [0.15, 0.2) is 0 Å². The first-order valence-corrected chi connectivity index (χ1v) is 9.74. The molecule has 30 heavy (non-hydrogen) atoms. The molecule has 1 saturated heterocycles. The quantitative estimate of drug-likeness (QED) is 0.585. The number of rotatable bonds is 4. The zero-order valence-corrected chi connectivity index (χ0v) is 16.5. The molecule has 1 aliphatic heterocycles. The molecule has 1 aliphatic rings. The number of H-pyrrole nitrogens is 2. The van der Waals surface area contributed by atoms with Gasteiger partial charge < -0.3 is 15.2 Å². The highest BCUT2D eigenvalue weighted by Crippen LogP contribution is 2.30. The summed E-state index contributed by atoms with van der Waals surface area (Å²) < 4.78 is 0.938. The van der Waals surface area contributed by atoms with Gasteiger partial charge >= 0.3 is 5.69 Å². The van der Waals surface area contributed by atoms with Crippen LogP contribution >= 0.6 is 0 Å². The molecule has 2 aromatic heterocycles. The molecule has 2 amide bonds. The number of hydrogen-bond donors (Lipinski definition) is 3. The first kappa shape index (κ1) is 19.6. The van der Waals surface area contributed by atoms with Gasteiger partial charge in [-0.15, -0.1) is 0 Å². The lowest BCUT2D eigenvalue weighted by molar-refractivity contribution is -0.133. The molecule has 0 aliphatic carbocycles. The van der Waals surface area contributed by atoms with Gasteiger partial charge in [-0.3, -0.25) is 24.0 Å². The summed E-state index contributed by atoms with van der Waals surface area (Å²) in [4.78, 5) is 53.6. The summed E-state index contributed by atoms with van der Waals surface area (Å²) >= 11 is 0. The lowest BCUT2D eigenvalue weighted by atomic mass is 9.94. The van der Waals surface area contributed by atoms with Gasteiger partial charge in [0.1, 0.15) is 6.54 Å². The van der Waals surface area contributed by atoms with Crippen molar-refractivity contribution < 1.29 is 9.59 Å².